The molecule has 21 heavy (non-hydrogen) atoms. The number of anilines is 2. The van der Waals surface area contributed by atoms with Gasteiger partial charge in [-0.15, -0.1) is 10.2 Å². The van der Waals surface area contributed by atoms with Gasteiger partial charge in [0.05, 0.1) is 0 Å². The van der Waals surface area contributed by atoms with Crippen molar-refractivity contribution in [1.29, 1.82) is 0 Å². The summed E-state index contributed by atoms with van der Waals surface area (Å²) in [6.07, 6.45) is 3.53. The number of rotatable bonds is 4. The van der Waals surface area contributed by atoms with Crippen LogP contribution in [0.2, 0.25) is 0 Å². The van der Waals surface area contributed by atoms with E-state index in [0.717, 1.165) is 23.6 Å². The van der Waals surface area contributed by atoms with E-state index < -0.39 is 5.97 Å². The third-order valence-corrected chi connectivity index (χ3v) is 3.20. The van der Waals surface area contributed by atoms with Crippen LogP contribution >= 0.6 is 0 Å². The number of benzene rings is 1. The molecule has 0 radical (unpaired) electrons. The summed E-state index contributed by atoms with van der Waals surface area (Å²) >= 11 is 0. The monoisotopic (exact) mass is 282 g/mol. The number of aromatic nitrogens is 3. The Hall–Kier alpha value is -2.81. The summed E-state index contributed by atoms with van der Waals surface area (Å²) in [5.41, 5.74) is 1.48. The average molecular weight is 282 g/mol. The summed E-state index contributed by atoms with van der Waals surface area (Å²) in [5.74, 6) is 6.13. The van der Waals surface area contributed by atoms with Crippen molar-refractivity contribution in [3.05, 3.63) is 35.5 Å². The quantitative estimate of drug-likeness (QED) is 0.749. The van der Waals surface area contributed by atoms with Crippen LogP contribution in [0.5, 0.6) is 0 Å². The zero-order chi connectivity index (χ0) is 14.7. The van der Waals surface area contributed by atoms with E-state index in [1.807, 2.05) is 24.3 Å². The number of carboxylic acid groups (broad SMARTS) is 1. The Morgan fingerprint density at radius 1 is 1.43 bits per heavy atom. The smallest absolute Gasteiger partial charge is 0.360 e. The molecule has 1 aliphatic carbocycles. The summed E-state index contributed by atoms with van der Waals surface area (Å²) in [4.78, 5) is 11.0. The van der Waals surface area contributed by atoms with Crippen LogP contribution in [0.1, 0.15) is 35.3 Å². The van der Waals surface area contributed by atoms with Crippen LogP contribution in [0.25, 0.3) is 0 Å². The van der Waals surface area contributed by atoms with Gasteiger partial charge in [-0.3, -0.25) is 0 Å². The molecule has 1 fully saturated rings. The van der Waals surface area contributed by atoms with Crippen molar-refractivity contribution in [1.82, 2.24) is 15.4 Å². The van der Waals surface area contributed by atoms with Crippen LogP contribution in [0.15, 0.2) is 24.3 Å². The Labute approximate surface area is 121 Å². The Morgan fingerprint density at radius 3 is 3.05 bits per heavy atom. The number of nitrogens with zero attached hydrogens (tertiary/aromatic N) is 2. The fourth-order valence-electron chi connectivity index (χ4n) is 1.90. The second-order valence-electron chi connectivity index (χ2n) is 4.98. The fourth-order valence-corrected chi connectivity index (χ4v) is 1.90. The molecular formula is C15H14N4O2. The van der Waals surface area contributed by atoms with Crippen molar-refractivity contribution >= 4 is 17.5 Å². The molecule has 3 rings (SSSR count). The molecule has 0 saturated heterocycles. The summed E-state index contributed by atoms with van der Waals surface area (Å²) in [7, 11) is 0. The second-order valence-corrected chi connectivity index (χ2v) is 4.98. The van der Waals surface area contributed by atoms with Gasteiger partial charge in [-0.25, -0.2) is 4.79 Å². The normalized spacial score (nSPS) is 13.3. The van der Waals surface area contributed by atoms with Gasteiger partial charge in [-0.2, -0.15) is 5.21 Å². The highest BCUT2D eigenvalue weighted by Gasteiger charge is 2.19. The average Bonchev–Trinajstić information content (AvgIpc) is 3.16. The number of nitrogens with one attached hydrogen (secondary N) is 2. The standard InChI is InChI=1S/C15H14N4O2/c20-15(21)13-14(18-19-17-13)16-12-6-2-5-11(9-12)4-1-3-10-7-8-10/h2,5-6,9-10H,3,7-8H2,(H,20,21)(H2,16,17,18,19). The number of aromatic amines is 1. The van der Waals surface area contributed by atoms with Crippen LogP contribution in [0, 0.1) is 17.8 Å². The molecule has 106 valence electrons. The van der Waals surface area contributed by atoms with E-state index >= 15 is 0 Å². The van der Waals surface area contributed by atoms with Gasteiger partial charge in [-0.1, -0.05) is 17.9 Å². The van der Waals surface area contributed by atoms with Crippen LogP contribution < -0.4 is 5.32 Å². The number of H-pyrrole nitrogens is 1. The topological polar surface area (TPSA) is 90.9 Å². The van der Waals surface area contributed by atoms with Crippen molar-refractivity contribution in [3.8, 4) is 11.8 Å². The van der Waals surface area contributed by atoms with Crippen molar-refractivity contribution in [3.63, 3.8) is 0 Å². The van der Waals surface area contributed by atoms with E-state index in [2.05, 4.69) is 32.6 Å². The molecule has 0 spiro atoms. The summed E-state index contributed by atoms with van der Waals surface area (Å²) < 4.78 is 0. The zero-order valence-corrected chi connectivity index (χ0v) is 11.3. The fraction of sp³-hybridized carbons (Fsp3) is 0.267. The lowest BCUT2D eigenvalue weighted by Gasteiger charge is -2.03. The zero-order valence-electron chi connectivity index (χ0n) is 11.3. The van der Waals surface area contributed by atoms with Crippen molar-refractivity contribution in [2.45, 2.75) is 19.3 Å². The lowest BCUT2D eigenvalue weighted by Crippen LogP contribution is -2.02. The number of aromatic carboxylic acids is 1. The predicted octanol–water partition coefficient (Wildman–Crippen LogP) is 2.40. The minimum atomic E-state index is -1.13. The molecule has 6 nitrogen and oxygen atoms in total. The molecule has 1 heterocycles. The number of carbonyl (C=O) groups is 1. The van der Waals surface area contributed by atoms with Gasteiger partial charge in [-0.05, 0) is 37.0 Å². The summed E-state index contributed by atoms with van der Waals surface area (Å²) in [5, 5.41) is 21.6. The second kappa shape index (κ2) is 5.67. The van der Waals surface area contributed by atoms with Gasteiger partial charge in [0, 0.05) is 17.7 Å². The van der Waals surface area contributed by atoms with E-state index in [-0.39, 0.29) is 11.5 Å². The molecule has 0 aliphatic heterocycles. The van der Waals surface area contributed by atoms with Gasteiger partial charge in [0.1, 0.15) is 0 Å². The highest BCUT2D eigenvalue weighted by atomic mass is 16.4. The molecule has 0 unspecified atom stereocenters. The van der Waals surface area contributed by atoms with Crippen LogP contribution in [0.4, 0.5) is 11.5 Å². The Morgan fingerprint density at radius 2 is 2.29 bits per heavy atom. The van der Waals surface area contributed by atoms with E-state index in [4.69, 9.17) is 5.11 Å². The first-order valence-electron chi connectivity index (χ1n) is 6.72. The van der Waals surface area contributed by atoms with Gasteiger partial charge in [0.25, 0.3) is 0 Å². The molecule has 2 aromatic rings. The SMILES string of the molecule is O=C(O)c1n[nH]nc1Nc1cccc(C#CCC2CC2)c1. The molecular weight excluding hydrogens is 268 g/mol. The Balaban J connectivity index is 1.74. The number of hydrogen-bond acceptors (Lipinski definition) is 4. The molecule has 0 bridgehead atoms. The maximum atomic E-state index is 11.0. The predicted molar refractivity (Wildman–Crippen MR) is 77.3 cm³/mol. The van der Waals surface area contributed by atoms with Gasteiger partial charge < -0.3 is 10.4 Å². The maximum Gasteiger partial charge on any atom is 0.360 e. The lowest BCUT2D eigenvalue weighted by molar-refractivity contribution is 0.0691. The first-order valence-corrected chi connectivity index (χ1v) is 6.72. The van der Waals surface area contributed by atoms with Crippen molar-refractivity contribution in [2.24, 2.45) is 5.92 Å². The highest BCUT2D eigenvalue weighted by molar-refractivity contribution is 5.91. The van der Waals surface area contributed by atoms with Crippen LogP contribution in [0.3, 0.4) is 0 Å². The molecule has 0 atom stereocenters. The maximum absolute atomic E-state index is 11.0. The third-order valence-electron chi connectivity index (χ3n) is 3.20. The molecule has 1 saturated carbocycles. The molecule has 1 aliphatic rings. The van der Waals surface area contributed by atoms with Gasteiger partial charge >= 0.3 is 5.97 Å². The first kappa shape index (κ1) is 13.2. The molecule has 3 N–H and O–H groups in total. The largest absolute Gasteiger partial charge is 0.476 e. The van der Waals surface area contributed by atoms with Crippen molar-refractivity contribution < 1.29 is 9.90 Å². The molecule has 1 aromatic heterocycles. The number of hydrogen-bond donors (Lipinski definition) is 3. The minimum absolute atomic E-state index is 0.139. The summed E-state index contributed by atoms with van der Waals surface area (Å²) in [6.45, 7) is 0. The minimum Gasteiger partial charge on any atom is -0.476 e. The summed E-state index contributed by atoms with van der Waals surface area (Å²) in [6, 6.07) is 7.47. The van der Waals surface area contributed by atoms with Crippen LogP contribution in [-0.2, 0) is 0 Å². The van der Waals surface area contributed by atoms with Gasteiger partial charge in [0.2, 0.25) is 5.69 Å². The third kappa shape index (κ3) is 3.39. The van der Waals surface area contributed by atoms with E-state index in [1.165, 1.54) is 12.8 Å². The van der Waals surface area contributed by atoms with E-state index in [1.54, 1.807) is 0 Å². The molecule has 0 amide bonds. The molecule has 1 aromatic carbocycles. The van der Waals surface area contributed by atoms with Gasteiger partial charge in [0.15, 0.2) is 5.82 Å². The lowest BCUT2D eigenvalue weighted by atomic mass is 10.2. The Bertz CT molecular complexity index is 723. The van der Waals surface area contributed by atoms with Crippen molar-refractivity contribution in [2.75, 3.05) is 5.32 Å². The number of carboxylic acids is 1. The Kier molecular flexibility index (Phi) is 3.56. The first-order chi connectivity index (χ1) is 10.2. The highest BCUT2D eigenvalue weighted by Crippen LogP contribution is 2.31. The van der Waals surface area contributed by atoms with E-state index in [0.29, 0.717) is 0 Å². The van der Waals surface area contributed by atoms with Crippen LogP contribution in [-0.4, -0.2) is 26.5 Å². The molecule has 6 heteroatoms. The van der Waals surface area contributed by atoms with E-state index in [9.17, 15) is 4.79 Å².